The predicted octanol–water partition coefficient (Wildman–Crippen LogP) is 2.31. The van der Waals surface area contributed by atoms with E-state index >= 15 is 0 Å². The Morgan fingerprint density at radius 2 is 2.26 bits per heavy atom. The SMILES string of the molecule is CC1(C)C(=O)CCCN1C(=O)CCCc1ccc[nH]1. The monoisotopic (exact) mass is 262 g/mol. The lowest BCUT2D eigenvalue weighted by Crippen LogP contribution is -2.56. The number of hydrogen-bond donors (Lipinski definition) is 1. The molecular weight excluding hydrogens is 240 g/mol. The van der Waals surface area contributed by atoms with Crippen LogP contribution in [0.5, 0.6) is 0 Å². The van der Waals surface area contributed by atoms with E-state index in [0.29, 0.717) is 19.4 Å². The van der Waals surface area contributed by atoms with Gasteiger partial charge in [-0.3, -0.25) is 9.59 Å². The number of piperidine rings is 1. The standard InChI is InChI=1S/C15H22N2O2/c1-15(2)13(18)8-5-11-17(15)14(19)9-3-6-12-7-4-10-16-12/h4,7,10,16H,3,5-6,8-9,11H2,1-2H3. The average Bonchev–Trinajstić information content (AvgIpc) is 2.85. The number of aryl methyl sites for hydroxylation is 1. The molecule has 0 unspecified atom stereocenters. The van der Waals surface area contributed by atoms with Crippen molar-refractivity contribution in [2.24, 2.45) is 0 Å². The van der Waals surface area contributed by atoms with Crippen molar-refractivity contribution in [2.75, 3.05) is 6.54 Å². The minimum absolute atomic E-state index is 0.101. The normalized spacial score (nSPS) is 18.6. The molecule has 1 amide bonds. The van der Waals surface area contributed by atoms with Gasteiger partial charge in [-0.2, -0.15) is 0 Å². The molecule has 2 rings (SSSR count). The Morgan fingerprint density at radius 1 is 1.47 bits per heavy atom. The number of hydrogen-bond acceptors (Lipinski definition) is 2. The predicted molar refractivity (Wildman–Crippen MR) is 73.8 cm³/mol. The van der Waals surface area contributed by atoms with Gasteiger partial charge in [0.2, 0.25) is 5.91 Å². The molecule has 4 nitrogen and oxygen atoms in total. The van der Waals surface area contributed by atoms with Crippen LogP contribution in [0.25, 0.3) is 0 Å². The van der Waals surface area contributed by atoms with Crippen molar-refractivity contribution in [3.63, 3.8) is 0 Å². The van der Waals surface area contributed by atoms with Crippen LogP contribution in [0, 0.1) is 0 Å². The Bertz CT molecular complexity index is 449. The second kappa shape index (κ2) is 5.59. The van der Waals surface area contributed by atoms with Gasteiger partial charge in [0.1, 0.15) is 0 Å². The molecule has 0 aliphatic carbocycles. The van der Waals surface area contributed by atoms with E-state index in [1.54, 1.807) is 4.90 Å². The van der Waals surface area contributed by atoms with E-state index in [1.807, 2.05) is 32.2 Å². The first kappa shape index (κ1) is 13.8. The lowest BCUT2D eigenvalue weighted by atomic mass is 9.88. The van der Waals surface area contributed by atoms with Crippen molar-refractivity contribution >= 4 is 11.7 Å². The molecule has 2 heterocycles. The highest BCUT2D eigenvalue weighted by molar-refractivity contribution is 5.93. The van der Waals surface area contributed by atoms with E-state index in [-0.39, 0.29) is 11.7 Å². The lowest BCUT2D eigenvalue weighted by molar-refractivity contribution is -0.148. The van der Waals surface area contributed by atoms with E-state index < -0.39 is 5.54 Å². The number of likely N-dealkylation sites (tertiary alicyclic amines) is 1. The Kier molecular flexibility index (Phi) is 4.08. The van der Waals surface area contributed by atoms with Crippen LogP contribution >= 0.6 is 0 Å². The van der Waals surface area contributed by atoms with E-state index in [1.165, 1.54) is 0 Å². The van der Waals surface area contributed by atoms with E-state index in [4.69, 9.17) is 0 Å². The molecule has 1 saturated heterocycles. The molecule has 1 aliphatic heterocycles. The molecule has 0 radical (unpaired) electrons. The highest BCUT2D eigenvalue weighted by atomic mass is 16.2. The fourth-order valence-corrected chi connectivity index (χ4v) is 2.66. The highest BCUT2D eigenvalue weighted by Gasteiger charge is 2.39. The van der Waals surface area contributed by atoms with E-state index in [0.717, 1.165) is 25.0 Å². The summed E-state index contributed by atoms with van der Waals surface area (Å²) < 4.78 is 0. The van der Waals surface area contributed by atoms with Crippen LogP contribution in [0.15, 0.2) is 18.3 Å². The summed E-state index contributed by atoms with van der Waals surface area (Å²) in [6, 6.07) is 3.99. The van der Waals surface area contributed by atoms with Crippen LogP contribution < -0.4 is 0 Å². The molecule has 1 aromatic heterocycles. The number of nitrogens with zero attached hydrogens (tertiary/aromatic N) is 1. The first-order chi connectivity index (χ1) is 9.01. The van der Waals surface area contributed by atoms with Crippen LogP contribution in [0.4, 0.5) is 0 Å². The zero-order valence-corrected chi connectivity index (χ0v) is 11.7. The topological polar surface area (TPSA) is 53.2 Å². The Morgan fingerprint density at radius 3 is 2.95 bits per heavy atom. The van der Waals surface area contributed by atoms with Crippen LogP contribution in [0.2, 0.25) is 0 Å². The fourth-order valence-electron chi connectivity index (χ4n) is 2.66. The van der Waals surface area contributed by atoms with Crippen molar-refractivity contribution in [3.05, 3.63) is 24.0 Å². The molecule has 0 aromatic carbocycles. The largest absolute Gasteiger partial charge is 0.365 e. The van der Waals surface area contributed by atoms with Crippen molar-refractivity contribution in [1.29, 1.82) is 0 Å². The summed E-state index contributed by atoms with van der Waals surface area (Å²) in [5.41, 5.74) is 0.531. The lowest BCUT2D eigenvalue weighted by Gasteiger charge is -2.41. The van der Waals surface area contributed by atoms with Crippen LogP contribution in [0.1, 0.15) is 45.2 Å². The first-order valence-corrected chi connectivity index (χ1v) is 6.98. The number of H-pyrrole nitrogens is 1. The van der Waals surface area contributed by atoms with Crippen molar-refractivity contribution < 1.29 is 9.59 Å². The summed E-state index contributed by atoms with van der Waals surface area (Å²) in [4.78, 5) is 29.0. The van der Waals surface area contributed by atoms with E-state index in [2.05, 4.69) is 4.98 Å². The summed E-state index contributed by atoms with van der Waals surface area (Å²) >= 11 is 0. The van der Waals surface area contributed by atoms with Gasteiger partial charge in [0.15, 0.2) is 5.78 Å². The van der Waals surface area contributed by atoms with Gasteiger partial charge in [-0.25, -0.2) is 0 Å². The Labute approximate surface area is 114 Å². The maximum absolute atomic E-state index is 12.3. The van der Waals surface area contributed by atoms with Gasteiger partial charge < -0.3 is 9.88 Å². The maximum atomic E-state index is 12.3. The molecule has 104 valence electrons. The molecule has 1 N–H and O–H groups in total. The number of carbonyl (C=O) groups excluding carboxylic acids is 2. The molecule has 1 fully saturated rings. The summed E-state index contributed by atoms with van der Waals surface area (Å²) in [5, 5.41) is 0. The third kappa shape index (κ3) is 3.06. The molecule has 0 atom stereocenters. The molecule has 0 spiro atoms. The third-order valence-electron chi connectivity index (χ3n) is 3.94. The molecule has 4 heteroatoms. The summed E-state index contributed by atoms with van der Waals surface area (Å²) in [6.07, 6.45) is 5.49. The Balaban J connectivity index is 1.87. The second-order valence-electron chi connectivity index (χ2n) is 5.68. The van der Waals surface area contributed by atoms with Gasteiger partial charge in [0.05, 0.1) is 5.54 Å². The molecule has 0 saturated carbocycles. The minimum atomic E-state index is -0.623. The number of Topliss-reactive ketones (excluding diaryl/α,β-unsaturated/α-hetero) is 1. The van der Waals surface area contributed by atoms with Crippen molar-refractivity contribution in [2.45, 2.75) is 51.5 Å². The fraction of sp³-hybridized carbons (Fsp3) is 0.600. The van der Waals surface area contributed by atoms with Crippen LogP contribution in [-0.2, 0) is 16.0 Å². The van der Waals surface area contributed by atoms with Crippen LogP contribution in [0.3, 0.4) is 0 Å². The first-order valence-electron chi connectivity index (χ1n) is 6.98. The van der Waals surface area contributed by atoms with Gasteiger partial charge in [0.25, 0.3) is 0 Å². The van der Waals surface area contributed by atoms with Crippen molar-refractivity contribution in [3.8, 4) is 0 Å². The van der Waals surface area contributed by atoms with Gasteiger partial charge in [-0.15, -0.1) is 0 Å². The summed E-state index contributed by atoms with van der Waals surface area (Å²) in [5.74, 6) is 0.279. The van der Waals surface area contributed by atoms with Gasteiger partial charge in [0, 0.05) is 31.3 Å². The zero-order chi connectivity index (χ0) is 13.9. The zero-order valence-electron chi connectivity index (χ0n) is 11.7. The number of carbonyl (C=O) groups is 2. The van der Waals surface area contributed by atoms with Crippen molar-refractivity contribution in [1.82, 2.24) is 9.88 Å². The quantitative estimate of drug-likeness (QED) is 0.905. The van der Waals surface area contributed by atoms with Gasteiger partial charge in [-0.05, 0) is 45.2 Å². The van der Waals surface area contributed by atoms with Crippen LogP contribution in [-0.4, -0.2) is 33.7 Å². The smallest absolute Gasteiger partial charge is 0.223 e. The summed E-state index contributed by atoms with van der Waals surface area (Å²) in [6.45, 7) is 4.43. The molecule has 1 aliphatic rings. The van der Waals surface area contributed by atoms with E-state index in [9.17, 15) is 9.59 Å². The second-order valence-corrected chi connectivity index (χ2v) is 5.68. The number of amides is 1. The maximum Gasteiger partial charge on any atom is 0.223 e. The number of rotatable bonds is 4. The number of aromatic amines is 1. The van der Waals surface area contributed by atoms with Gasteiger partial charge >= 0.3 is 0 Å². The highest BCUT2D eigenvalue weighted by Crippen LogP contribution is 2.25. The third-order valence-corrected chi connectivity index (χ3v) is 3.94. The molecule has 19 heavy (non-hydrogen) atoms. The number of aromatic nitrogens is 1. The molecule has 0 bridgehead atoms. The summed E-state index contributed by atoms with van der Waals surface area (Å²) in [7, 11) is 0. The average molecular weight is 262 g/mol. The minimum Gasteiger partial charge on any atom is -0.365 e. The molecule has 1 aromatic rings. The number of ketones is 1. The molecular formula is C15H22N2O2. The van der Waals surface area contributed by atoms with Gasteiger partial charge in [-0.1, -0.05) is 0 Å². The Hall–Kier alpha value is -1.58. The number of nitrogens with one attached hydrogen (secondary N) is 1.